The van der Waals surface area contributed by atoms with Crippen LogP contribution in [0.15, 0.2) is 40.9 Å². The molecule has 98 valence electrons. The molecule has 0 unspecified atom stereocenters. The fourth-order valence-corrected chi connectivity index (χ4v) is 2.09. The molecular formula is C15H11BrF2O. The molecule has 19 heavy (non-hydrogen) atoms. The van der Waals surface area contributed by atoms with Crippen molar-refractivity contribution in [3.8, 4) is 0 Å². The Kier molecular flexibility index (Phi) is 4.10. The van der Waals surface area contributed by atoms with Gasteiger partial charge >= 0.3 is 0 Å². The van der Waals surface area contributed by atoms with Crippen LogP contribution in [-0.4, -0.2) is 5.78 Å². The Morgan fingerprint density at radius 1 is 1.11 bits per heavy atom. The van der Waals surface area contributed by atoms with E-state index in [-0.39, 0.29) is 10.9 Å². The highest BCUT2D eigenvalue weighted by molar-refractivity contribution is 9.10. The predicted octanol–water partition coefficient (Wildman–Crippen LogP) is 4.46. The quantitative estimate of drug-likeness (QED) is 0.601. The van der Waals surface area contributed by atoms with Crippen molar-refractivity contribution in [2.75, 3.05) is 0 Å². The maximum atomic E-state index is 13.8. The van der Waals surface area contributed by atoms with Gasteiger partial charge < -0.3 is 0 Å². The summed E-state index contributed by atoms with van der Waals surface area (Å²) in [7, 11) is 0. The largest absolute Gasteiger partial charge is 0.294 e. The van der Waals surface area contributed by atoms with E-state index in [1.807, 2.05) is 19.1 Å². The average molecular weight is 325 g/mol. The summed E-state index contributed by atoms with van der Waals surface area (Å²) in [6.45, 7) is 1.93. The van der Waals surface area contributed by atoms with Gasteiger partial charge in [0.2, 0.25) is 0 Å². The molecule has 4 heteroatoms. The Labute approximate surface area is 118 Å². The van der Waals surface area contributed by atoms with E-state index in [0.717, 1.165) is 17.2 Å². The number of carbonyl (C=O) groups is 1. The lowest BCUT2D eigenvalue weighted by molar-refractivity contribution is 0.0984. The lowest BCUT2D eigenvalue weighted by atomic mass is 10.0. The molecule has 2 aromatic rings. The maximum Gasteiger partial charge on any atom is 0.173 e. The highest BCUT2D eigenvalue weighted by Gasteiger charge is 2.19. The Bertz CT molecular complexity index is 621. The lowest BCUT2D eigenvalue weighted by Crippen LogP contribution is -2.09. The van der Waals surface area contributed by atoms with Crippen molar-refractivity contribution in [3.63, 3.8) is 0 Å². The second kappa shape index (κ2) is 5.61. The number of Topliss-reactive ketones (excluding diaryl/α,β-unsaturated/α-hetero) is 1. The first-order valence-corrected chi connectivity index (χ1v) is 6.50. The Hall–Kier alpha value is -1.55. The van der Waals surface area contributed by atoms with Crippen LogP contribution in [0, 0.1) is 18.6 Å². The molecule has 0 aromatic heterocycles. The van der Waals surface area contributed by atoms with Crippen LogP contribution in [0.1, 0.15) is 21.5 Å². The van der Waals surface area contributed by atoms with Crippen LogP contribution in [-0.2, 0) is 6.42 Å². The predicted molar refractivity (Wildman–Crippen MR) is 73.3 cm³/mol. The molecule has 0 N–H and O–H groups in total. The normalized spacial score (nSPS) is 10.5. The zero-order valence-electron chi connectivity index (χ0n) is 10.2. The molecule has 0 aliphatic heterocycles. The second-order valence-corrected chi connectivity index (χ2v) is 5.16. The Morgan fingerprint density at radius 2 is 1.74 bits per heavy atom. The molecule has 0 saturated heterocycles. The fraction of sp³-hybridized carbons (Fsp3) is 0.133. The zero-order chi connectivity index (χ0) is 14.0. The van der Waals surface area contributed by atoms with Crippen LogP contribution >= 0.6 is 15.9 Å². The Morgan fingerprint density at radius 3 is 2.37 bits per heavy atom. The second-order valence-electron chi connectivity index (χ2n) is 4.30. The molecule has 0 spiro atoms. The van der Waals surface area contributed by atoms with Gasteiger partial charge in [-0.05, 0) is 40.5 Å². The van der Waals surface area contributed by atoms with Crippen molar-refractivity contribution in [2.45, 2.75) is 13.3 Å². The van der Waals surface area contributed by atoms with Gasteiger partial charge in [0.05, 0.1) is 10.0 Å². The van der Waals surface area contributed by atoms with Crippen LogP contribution in [0.2, 0.25) is 0 Å². The molecule has 0 aliphatic carbocycles. The fourth-order valence-electron chi connectivity index (χ4n) is 1.76. The third-order valence-electron chi connectivity index (χ3n) is 2.81. The van der Waals surface area contributed by atoms with Crippen molar-refractivity contribution < 1.29 is 13.6 Å². The summed E-state index contributed by atoms with van der Waals surface area (Å²) < 4.78 is 27.4. The molecule has 0 heterocycles. The van der Waals surface area contributed by atoms with Gasteiger partial charge in [0.15, 0.2) is 11.6 Å². The first kappa shape index (κ1) is 13.9. The van der Waals surface area contributed by atoms with Gasteiger partial charge in [-0.1, -0.05) is 29.8 Å². The van der Waals surface area contributed by atoms with Gasteiger partial charge in [0.25, 0.3) is 0 Å². The summed E-state index contributed by atoms with van der Waals surface area (Å²) in [4.78, 5) is 12.0. The number of benzene rings is 2. The smallest absolute Gasteiger partial charge is 0.173 e. The van der Waals surface area contributed by atoms with Crippen LogP contribution in [0.3, 0.4) is 0 Å². The van der Waals surface area contributed by atoms with Crippen LogP contribution < -0.4 is 0 Å². The van der Waals surface area contributed by atoms with Gasteiger partial charge in [-0.25, -0.2) is 8.78 Å². The summed E-state index contributed by atoms with van der Waals surface area (Å²) in [5, 5.41) is 0. The standard InChI is InChI=1S/C15H11BrF2O/c1-9-2-4-10(5-3-9)8-13(19)14-12(17)7-6-11(16)15(14)18/h2-7H,8H2,1H3. The number of ketones is 1. The van der Waals surface area contributed by atoms with E-state index in [9.17, 15) is 13.6 Å². The van der Waals surface area contributed by atoms with E-state index < -0.39 is 23.0 Å². The topological polar surface area (TPSA) is 17.1 Å². The van der Waals surface area contributed by atoms with Crippen molar-refractivity contribution in [1.82, 2.24) is 0 Å². The number of rotatable bonds is 3. The number of halogens is 3. The minimum absolute atomic E-state index is 0.0232. The summed E-state index contributed by atoms with van der Waals surface area (Å²) in [6.07, 6.45) is -0.0232. The molecule has 0 aliphatic rings. The van der Waals surface area contributed by atoms with Gasteiger partial charge in [-0.3, -0.25) is 4.79 Å². The molecule has 0 atom stereocenters. The maximum absolute atomic E-state index is 13.8. The van der Waals surface area contributed by atoms with E-state index in [0.29, 0.717) is 0 Å². The summed E-state index contributed by atoms with van der Waals surface area (Å²) in [5.74, 6) is -2.25. The molecule has 2 aromatic carbocycles. The molecule has 0 saturated carbocycles. The van der Waals surface area contributed by atoms with E-state index >= 15 is 0 Å². The molecule has 0 fully saturated rings. The van der Waals surface area contributed by atoms with Crippen molar-refractivity contribution in [2.24, 2.45) is 0 Å². The molecule has 0 radical (unpaired) electrons. The van der Waals surface area contributed by atoms with Crippen LogP contribution in [0.25, 0.3) is 0 Å². The summed E-state index contributed by atoms with van der Waals surface area (Å²) >= 11 is 2.95. The highest BCUT2D eigenvalue weighted by Crippen LogP contribution is 2.23. The molecule has 2 rings (SSSR count). The van der Waals surface area contributed by atoms with Crippen LogP contribution in [0.4, 0.5) is 8.78 Å². The average Bonchev–Trinajstić information content (AvgIpc) is 2.37. The van der Waals surface area contributed by atoms with E-state index in [1.165, 1.54) is 6.07 Å². The highest BCUT2D eigenvalue weighted by atomic mass is 79.9. The number of hydrogen-bond acceptors (Lipinski definition) is 1. The molecular weight excluding hydrogens is 314 g/mol. The van der Waals surface area contributed by atoms with Crippen molar-refractivity contribution in [1.29, 1.82) is 0 Å². The number of aryl methyl sites for hydroxylation is 1. The summed E-state index contributed by atoms with van der Waals surface area (Å²) in [5.41, 5.74) is 1.31. The van der Waals surface area contributed by atoms with Crippen molar-refractivity contribution >= 4 is 21.7 Å². The van der Waals surface area contributed by atoms with Gasteiger partial charge in [-0.15, -0.1) is 0 Å². The molecule has 1 nitrogen and oxygen atoms in total. The number of carbonyl (C=O) groups excluding carboxylic acids is 1. The zero-order valence-corrected chi connectivity index (χ0v) is 11.8. The molecule has 0 amide bonds. The number of hydrogen-bond donors (Lipinski definition) is 0. The summed E-state index contributed by atoms with van der Waals surface area (Å²) in [6, 6.07) is 9.59. The van der Waals surface area contributed by atoms with Gasteiger partial charge in [0.1, 0.15) is 5.82 Å². The minimum atomic E-state index is -0.850. The van der Waals surface area contributed by atoms with Crippen molar-refractivity contribution in [3.05, 3.63) is 69.2 Å². The minimum Gasteiger partial charge on any atom is -0.294 e. The lowest BCUT2D eigenvalue weighted by Gasteiger charge is -2.06. The first-order chi connectivity index (χ1) is 8.99. The van der Waals surface area contributed by atoms with E-state index in [2.05, 4.69) is 15.9 Å². The third-order valence-corrected chi connectivity index (χ3v) is 3.42. The molecule has 0 bridgehead atoms. The third kappa shape index (κ3) is 3.07. The van der Waals surface area contributed by atoms with Gasteiger partial charge in [0, 0.05) is 6.42 Å². The van der Waals surface area contributed by atoms with E-state index in [4.69, 9.17) is 0 Å². The first-order valence-electron chi connectivity index (χ1n) is 5.71. The van der Waals surface area contributed by atoms with Crippen LogP contribution in [0.5, 0.6) is 0 Å². The Balaban J connectivity index is 2.30. The monoisotopic (exact) mass is 324 g/mol. The van der Waals surface area contributed by atoms with Gasteiger partial charge in [-0.2, -0.15) is 0 Å². The van der Waals surface area contributed by atoms with E-state index in [1.54, 1.807) is 12.1 Å². The SMILES string of the molecule is Cc1ccc(CC(=O)c2c(F)ccc(Br)c2F)cc1.